The molecule has 0 amide bonds. The number of carboxylic acid groups (broad SMARTS) is 2. The van der Waals surface area contributed by atoms with Crippen LogP contribution in [0.2, 0.25) is 0 Å². The van der Waals surface area contributed by atoms with Crippen LogP contribution in [0.3, 0.4) is 0 Å². The van der Waals surface area contributed by atoms with Crippen LogP contribution >= 0.6 is 0 Å². The molecule has 4 nitrogen and oxygen atoms in total. The Morgan fingerprint density at radius 2 is 0.491 bits per heavy atom. The van der Waals surface area contributed by atoms with E-state index in [1.807, 2.05) is 0 Å². The van der Waals surface area contributed by atoms with Crippen molar-refractivity contribution < 1.29 is 19.8 Å². The van der Waals surface area contributed by atoms with E-state index in [1.54, 1.807) is 0 Å². The molecule has 2 aromatic rings. The molecule has 0 saturated heterocycles. The van der Waals surface area contributed by atoms with Crippen LogP contribution in [0.15, 0.2) is 60.7 Å². The van der Waals surface area contributed by atoms with Crippen molar-refractivity contribution in [1.29, 1.82) is 0 Å². The van der Waals surface area contributed by atoms with Gasteiger partial charge in [-0.3, -0.25) is 0 Å². The predicted octanol–water partition coefficient (Wildman–Crippen LogP) is 12.1. The third-order valence-corrected chi connectivity index (χ3v) is 10.4. The Hall–Kier alpha value is -1.36. The summed E-state index contributed by atoms with van der Waals surface area (Å²) in [6.07, 6.45) is 41.7. The van der Waals surface area contributed by atoms with Crippen molar-refractivity contribution >= 4 is 49.7 Å². The van der Waals surface area contributed by atoms with Crippen molar-refractivity contribution in [3.05, 3.63) is 71.8 Å². The quantitative estimate of drug-likeness (QED) is 0.0512. The summed E-state index contributed by atoms with van der Waals surface area (Å²) in [4.78, 5) is 20.6. The maximum atomic E-state index is 10.3. The van der Waals surface area contributed by atoms with E-state index in [1.165, 1.54) is 191 Å². The molecule has 2 rings (SSSR count). The Labute approximate surface area is 357 Å². The summed E-state index contributed by atoms with van der Waals surface area (Å²) in [6, 6.07) is 21.7. The van der Waals surface area contributed by atoms with Gasteiger partial charge in [-0.1, -0.05) is 228 Å². The van der Waals surface area contributed by atoms with Gasteiger partial charge in [-0.05, 0) is 62.5 Å². The molecular formula is C48H78CaO4. The third-order valence-electron chi connectivity index (χ3n) is 10.4. The van der Waals surface area contributed by atoms with Gasteiger partial charge in [0.1, 0.15) is 0 Å². The molecule has 0 heterocycles. The van der Waals surface area contributed by atoms with E-state index >= 15 is 0 Å². The van der Waals surface area contributed by atoms with Crippen molar-refractivity contribution in [2.45, 2.75) is 218 Å². The third kappa shape index (κ3) is 40.1. The summed E-state index contributed by atoms with van der Waals surface area (Å²) in [5.74, 6) is -1.81. The van der Waals surface area contributed by atoms with Crippen molar-refractivity contribution in [2.24, 2.45) is 0 Å². The van der Waals surface area contributed by atoms with E-state index in [4.69, 9.17) is 0 Å². The minimum Gasteiger partial charge on any atom is -0.550 e. The molecule has 0 aliphatic carbocycles. The number of hydrogen-bond acceptors (Lipinski definition) is 4. The molecule has 296 valence electrons. The topological polar surface area (TPSA) is 80.3 Å². The zero-order valence-corrected chi connectivity index (χ0v) is 36.4. The van der Waals surface area contributed by atoms with E-state index in [-0.39, 0.29) is 50.6 Å². The smallest absolute Gasteiger partial charge is 0.550 e. The minimum absolute atomic E-state index is 0. The Morgan fingerprint density at radius 1 is 0.302 bits per heavy atom. The van der Waals surface area contributed by atoms with Gasteiger partial charge >= 0.3 is 37.7 Å². The number of aliphatic carboxylic acids is 2. The van der Waals surface area contributed by atoms with Crippen molar-refractivity contribution in [2.75, 3.05) is 0 Å². The van der Waals surface area contributed by atoms with Crippen LogP contribution in [-0.2, 0) is 22.4 Å². The fraction of sp³-hybridized carbons (Fsp3) is 0.708. The van der Waals surface area contributed by atoms with Crippen LogP contribution in [0, 0.1) is 0 Å². The molecule has 5 heteroatoms. The largest absolute Gasteiger partial charge is 2.00 e. The minimum atomic E-state index is -0.905. The molecule has 53 heavy (non-hydrogen) atoms. The van der Waals surface area contributed by atoms with Crippen molar-refractivity contribution in [1.82, 2.24) is 0 Å². The first kappa shape index (κ1) is 51.6. The van der Waals surface area contributed by atoms with Gasteiger partial charge in [0.05, 0.1) is 0 Å². The number of carbonyl (C=O) groups is 2. The molecule has 0 unspecified atom stereocenters. The van der Waals surface area contributed by atoms with E-state index < -0.39 is 11.9 Å². The molecule has 0 radical (unpaired) electrons. The number of benzene rings is 2. The molecule has 0 bridgehead atoms. The summed E-state index contributed by atoms with van der Waals surface area (Å²) in [7, 11) is 0. The number of rotatable bonds is 36. The molecule has 2 aromatic carbocycles. The van der Waals surface area contributed by atoms with Crippen LogP contribution in [0.1, 0.15) is 217 Å². The number of hydrogen-bond donors (Lipinski definition) is 0. The standard InChI is InChI=1S/2C24H40O2.Ca/c2*25-24(26)22-18-13-11-9-7-5-3-1-2-4-6-8-10-12-15-19-23-20-16-14-17-21-23;/h2*14,16-17,20-21H,1-13,15,18-19,22H2,(H,25,26);/q;;+2/p-2. The predicted molar refractivity (Wildman–Crippen MR) is 224 cm³/mol. The molecule has 0 N–H and O–H groups in total. The first-order valence-corrected chi connectivity index (χ1v) is 22.1. The van der Waals surface area contributed by atoms with Gasteiger partial charge in [0.2, 0.25) is 0 Å². The molecule has 0 fully saturated rings. The van der Waals surface area contributed by atoms with Crippen LogP contribution < -0.4 is 10.2 Å². The molecular weight excluding hydrogens is 681 g/mol. The second kappa shape index (κ2) is 41.8. The van der Waals surface area contributed by atoms with Crippen LogP contribution in [0.25, 0.3) is 0 Å². The Bertz CT molecular complexity index is 945. The van der Waals surface area contributed by atoms with Gasteiger partial charge in [0.25, 0.3) is 0 Å². The fourth-order valence-electron chi connectivity index (χ4n) is 7.08. The zero-order chi connectivity index (χ0) is 37.4. The second-order valence-corrected chi connectivity index (χ2v) is 15.3. The van der Waals surface area contributed by atoms with E-state index in [9.17, 15) is 19.8 Å². The summed E-state index contributed by atoms with van der Waals surface area (Å²) >= 11 is 0. The number of carboxylic acids is 2. The first-order chi connectivity index (χ1) is 25.6. The summed E-state index contributed by atoms with van der Waals surface area (Å²) in [5.41, 5.74) is 2.95. The average molecular weight is 759 g/mol. The van der Waals surface area contributed by atoms with Crippen molar-refractivity contribution in [3.63, 3.8) is 0 Å². The first-order valence-electron chi connectivity index (χ1n) is 22.1. The Morgan fingerprint density at radius 3 is 0.698 bits per heavy atom. The van der Waals surface area contributed by atoms with E-state index in [0.29, 0.717) is 0 Å². The average Bonchev–Trinajstić information content (AvgIpc) is 3.15. The Kier molecular flexibility index (Phi) is 40.7. The van der Waals surface area contributed by atoms with Gasteiger partial charge in [0.15, 0.2) is 0 Å². The van der Waals surface area contributed by atoms with Gasteiger partial charge in [-0.25, -0.2) is 0 Å². The number of carbonyl (C=O) groups excluding carboxylic acids is 2. The van der Waals surface area contributed by atoms with Crippen LogP contribution in [-0.4, -0.2) is 49.7 Å². The van der Waals surface area contributed by atoms with Gasteiger partial charge in [-0.15, -0.1) is 0 Å². The molecule has 0 atom stereocenters. The summed E-state index contributed by atoms with van der Waals surface area (Å²) < 4.78 is 0. The molecule has 0 aliphatic heterocycles. The molecule has 0 saturated carbocycles. The van der Waals surface area contributed by atoms with Crippen molar-refractivity contribution in [3.8, 4) is 0 Å². The molecule has 0 spiro atoms. The number of aryl methyl sites for hydroxylation is 2. The normalized spacial score (nSPS) is 10.7. The van der Waals surface area contributed by atoms with Gasteiger partial charge in [0, 0.05) is 11.9 Å². The molecule has 0 aromatic heterocycles. The Balaban J connectivity index is 0.00000100. The monoisotopic (exact) mass is 759 g/mol. The second-order valence-electron chi connectivity index (χ2n) is 15.3. The van der Waals surface area contributed by atoms with Crippen LogP contribution in [0.4, 0.5) is 0 Å². The number of unbranched alkanes of at least 4 members (excludes halogenated alkanes) is 28. The van der Waals surface area contributed by atoms with Gasteiger partial charge < -0.3 is 19.8 Å². The molecule has 0 aliphatic rings. The maximum Gasteiger partial charge on any atom is 2.00 e. The fourth-order valence-corrected chi connectivity index (χ4v) is 7.08. The van der Waals surface area contributed by atoms with Crippen LogP contribution in [0.5, 0.6) is 0 Å². The SMILES string of the molecule is O=C([O-])CCCCCCCCCCCCCCCCCc1ccccc1.O=C([O-])CCCCCCCCCCCCCCCCCc1ccccc1.[Ca+2]. The summed E-state index contributed by atoms with van der Waals surface area (Å²) in [5, 5.41) is 20.6. The maximum absolute atomic E-state index is 10.3. The van der Waals surface area contributed by atoms with Gasteiger partial charge in [-0.2, -0.15) is 0 Å². The zero-order valence-electron chi connectivity index (χ0n) is 34.2. The van der Waals surface area contributed by atoms with E-state index in [0.717, 1.165) is 25.7 Å². The summed E-state index contributed by atoms with van der Waals surface area (Å²) in [6.45, 7) is 0. The van der Waals surface area contributed by atoms with E-state index in [2.05, 4.69) is 60.7 Å².